The van der Waals surface area contributed by atoms with E-state index in [9.17, 15) is 4.79 Å². The van der Waals surface area contributed by atoms with Crippen molar-refractivity contribution in [3.63, 3.8) is 0 Å². The molecule has 4 aromatic heterocycles. The fourth-order valence-corrected chi connectivity index (χ4v) is 3.94. The molecule has 1 aliphatic rings. The summed E-state index contributed by atoms with van der Waals surface area (Å²) in [6.45, 7) is 1.71. The van der Waals surface area contributed by atoms with E-state index in [1.165, 1.54) is 0 Å². The van der Waals surface area contributed by atoms with E-state index >= 15 is 0 Å². The van der Waals surface area contributed by atoms with Gasteiger partial charge in [-0.3, -0.25) is 9.78 Å². The Balaban J connectivity index is 1.44. The lowest BCUT2D eigenvalue weighted by atomic mass is 10.3. The Labute approximate surface area is 170 Å². The Bertz CT molecular complexity index is 1160. The van der Waals surface area contributed by atoms with Crippen LogP contribution in [-0.2, 0) is 4.79 Å². The lowest BCUT2D eigenvalue weighted by Gasteiger charge is -2.27. The van der Waals surface area contributed by atoms with Gasteiger partial charge in [-0.1, -0.05) is 6.07 Å². The molecule has 5 rings (SSSR count). The van der Waals surface area contributed by atoms with E-state index < -0.39 is 0 Å². The number of pyridine rings is 2. The van der Waals surface area contributed by atoms with Crippen LogP contribution in [0.3, 0.4) is 0 Å². The predicted molar refractivity (Wildman–Crippen MR) is 113 cm³/mol. The van der Waals surface area contributed by atoms with Gasteiger partial charge in [0.15, 0.2) is 5.82 Å². The second-order valence-electron chi connectivity index (χ2n) is 6.55. The minimum absolute atomic E-state index is 0.0168. The molecule has 1 amide bonds. The molecule has 0 radical (unpaired) electrons. The monoisotopic (exact) mass is 403 g/mol. The van der Waals surface area contributed by atoms with Crippen LogP contribution in [0, 0.1) is 0 Å². The number of fused-ring (bicyclic) bond motifs is 1. The van der Waals surface area contributed by atoms with Gasteiger partial charge in [0.25, 0.3) is 0 Å². The van der Waals surface area contributed by atoms with Crippen LogP contribution in [0.25, 0.3) is 21.7 Å². The molecule has 2 N–H and O–H groups in total. The van der Waals surface area contributed by atoms with Gasteiger partial charge in [0, 0.05) is 19.3 Å². The molecule has 8 nitrogen and oxygen atoms in total. The van der Waals surface area contributed by atoms with Gasteiger partial charge in [-0.25, -0.2) is 15.0 Å². The summed E-state index contributed by atoms with van der Waals surface area (Å²) in [6, 6.07) is 11.5. The summed E-state index contributed by atoms with van der Waals surface area (Å²) in [5, 5.41) is 9.12. The molecule has 0 bridgehead atoms. The van der Waals surface area contributed by atoms with Crippen LogP contribution in [-0.4, -0.2) is 45.5 Å². The fraction of sp³-hybridized carbons (Fsp3) is 0.150. The smallest absolute Gasteiger partial charge is 0.239 e. The van der Waals surface area contributed by atoms with Crippen LogP contribution in [0.1, 0.15) is 0 Å². The first-order chi connectivity index (χ1) is 14.3. The molecule has 1 fully saturated rings. The normalized spacial score (nSPS) is 14.1. The third kappa shape index (κ3) is 3.59. The number of carbonyl (C=O) groups excluding carboxylic acids is 1. The molecule has 144 valence electrons. The third-order valence-corrected chi connectivity index (χ3v) is 5.40. The number of piperazine rings is 1. The van der Waals surface area contributed by atoms with Gasteiger partial charge in [0.2, 0.25) is 5.91 Å². The van der Waals surface area contributed by atoms with Crippen LogP contribution in [0.2, 0.25) is 0 Å². The van der Waals surface area contributed by atoms with Gasteiger partial charge in [0.1, 0.15) is 22.2 Å². The number of thiophene rings is 1. The number of amides is 1. The minimum Gasteiger partial charge on any atom is -0.353 e. The van der Waals surface area contributed by atoms with Crippen molar-refractivity contribution in [3.05, 3.63) is 54.2 Å². The maximum absolute atomic E-state index is 11.6. The van der Waals surface area contributed by atoms with Crippen molar-refractivity contribution < 1.29 is 4.79 Å². The molecule has 0 spiro atoms. The second-order valence-corrected chi connectivity index (χ2v) is 7.45. The molecular formula is C20H17N7OS. The topological polar surface area (TPSA) is 95.9 Å². The highest BCUT2D eigenvalue weighted by molar-refractivity contribution is 7.16. The molecule has 1 saturated heterocycles. The van der Waals surface area contributed by atoms with E-state index in [1.54, 1.807) is 23.7 Å². The zero-order chi connectivity index (χ0) is 19.6. The molecule has 9 heteroatoms. The number of nitrogens with one attached hydrogen (secondary N) is 2. The van der Waals surface area contributed by atoms with Crippen molar-refractivity contribution in [3.8, 4) is 11.5 Å². The summed E-state index contributed by atoms with van der Waals surface area (Å²) >= 11 is 1.56. The molecule has 0 unspecified atom stereocenters. The summed E-state index contributed by atoms with van der Waals surface area (Å²) in [6.07, 6.45) is 3.48. The van der Waals surface area contributed by atoms with Crippen molar-refractivity contribution in [1.82, 2.24) is 25.3 Å². The quantitative estimate of drug-likeness (QED) is 0.541. The second kappa shape index (κ2) is 7.44. The summed E-state index contributed by atoms with van der Waals surface area (Å²) in [5.74, 6) is 2.09. The molecule has 1 aliphatic heterocycles. The van der Waals surface area contributed by atoms with Gasteiger partial charge in [-0.2, -0.15) is 0 Å². The summed E-state index contributed by atoms with van der Waals surface area (Å²) in [4.78, 5) is 32.6. The Morgan fingerprint density at radius 1 is 1.10 bits per heavy atom. The van der Waals surface area contributed by atoms with Crippen LogP contribution in [0.5, 0.6) is 0 Å². The van der Waals surface area contributed by atoms with Gasteiger partial charge in [-0.05, 0) is 35.7 Å². The lowest BCUT2D eigenvalue weighted by Crippen LogP contribution is -2.48. The van der Waals surface area contributed by atoms with Crippen molar-refractivity contribution in [2.75, 3.05) is 29.9 Å². The Hall–Kier alpha value is -3.59. The largest absolute Gasteiger partial charge is 0.353 e. The maximum atomic E-state index is 11.6. The molecule has 0 aliphatic carbocycles. The van der Waals surface area contributed by atoms with E-state index in [2.05, 4.69) is 25.6 Å². The number of aromatic nitrogens is 4. The number of hydrogen-bond donors (Lipinski definition) is 2. The van der Waals surface area contributed by atoms with Crippen molar-refractivity contribution in [2.45, 2.75) is 0 Å². The average molecular weight is 403 g/mol. The van der Waals surface area contributed by atoms with Gasteiger partial charge in [0.05, 0.1) is 23.8 Å². The highest BCUT2D eigenvalue weighted by Crippen LogP contribution is 2.30. The summed E-state index contributed by atoms with van der Waals surface area (Å²) in [7, 11) is 0. The number of anilines is 3. The van der Waals surface area contributed by atoms with E-state index in [0.29, 0.717) is 24.7 Å². The van der Waals surface area contributed by atoms with Crippen LogP contribution in [0.15, 0.2) is 54.2 Å². The number of rotatable bonds is 4. The highest BCUT2D eigenvalue weighted by Gasteiger charge is 2.17. The molecule has 0 atom stereocenters. The molecule has 5 heterocycles. The SMILES string of the molecule is O=C1CN(c2ccc(Nc3nc(-c4ccccn4)nc4sccc34)cn2)CCN1. The van der Waals surface area contributed by atoms with E-state index in [-0.39, 0.29) is 5.91 Å². The van der Waals surface area contributed by atoms with E-state index in [4.69, 9.17) is 4.98 Å². The molecule has 0 saturated carbocycles. The van der Waals surface area contributed by atoms with Crippen molar-refractivity contribution >= 4 is 44.8 Å². The first-order valence-electron chi connectivity index (χ1n) is 9.18. The minimum atomic E-state index is 0.0168. The fourth-order valence-electron chi connectivity index (χ4n) is 3.18. The predicted octanol–water partition coefficient (Wildman–Crippen LogP) is 2.83. The molecule has 4 aromatic rings. The molecule has 29 heavy (non-hydrogen) atoms. The third-order valence-electron chi connectivity index (χ3n) is 4.59. The number of nitrogens with zero attached hydrogens (tertiary/aromatic N) is 5. The summed E-state index contributed by atoms with van der Waals surface area (Å²) in [5.41, 5.74) is 1.54. The maximum Gasteiger partial charge on any atom is 0.239 e. The first-order valence-corrected chi connectivity index (χ1v) is 10.1. The van der Waals surface area contributed by atoms with E-state index in [1.807, 2.05) is 46.7 Å². The first kappa shape index (κ1) is 17.5. The average Bonchev–Trinajstić information content (AvgIpc) is 3.24. The highest BCUT2D eigenvalue weighted by atomic mass is 32.1. The van der Waals surface area contributed by atoms with Gasteiger partial charge >= 0.3 is 0 Å². The Kier molecular flexibility index (Phi) is 4.49. The van der Waals surface area contributed by atoms with Crippen LogP contribution < -0.4 is 15.5 Å². The summed E-state index contributed by atoms with van der Waals surface area (Å²) < 4.78 is 0. The van der Waals surface area contributed by atoms with Crippen molar-refractivity contribution in [1.29, 1.82) is 0 Å². The lowest BCUT2D eigenvalue weighted by molar-refractivity contribution is -0.120. The zero-order valence-corrected chi connectivity index (χ0v) is 16.2. The molecule has 0 aromatic carbocycles. The Morgan fingerprint density at radius 3 is 2.86 bits per heavy atom. The standard InChI is InChI=1S/C20H17N7OS/c28-17-12-27(9-8-22-17)16-5-4-13(11-23-16)24-18-14-6-10-29-20(14)26-19(25-18)15-3-1-2-7-21-15/h1-7,10-11H,8-9,12H2,(H,22,28)(H,24,25,26). The van der Waals surface area contributed by atoms with Crippen LogP contribution in [0.4, 0.5) is 17.3 Å². The van der Waals surface area contributed by atoms with Crippen LogP contribution >= 0.6 is 11.3 Å². The van der Waals surface area contributed by atoms with Crippen molar-refractivity contribution in [2.24, 2.45) is 0 Å². The van der Waals surface area contributed by atoms with E-state index in [0.717, 1.165) is 34.0 Å². The molecular weight excluding hydrogens is 386 g/mol. The Morgan fingerprint density at radius 2 is 2.07 bits per heavy atom. The van der Waals surface area contributed by atoms with Gasteiger partial charge in [-0.15, -0.1) is 11.3 Å². The number of hydrogen-bond acceptors (Lipinski definition) is 8. The number of carbonyl (C=O) groups is 1. The zero-order valence-electron chi connectivity index (χ0n) is 15.4. The van der Waals surface area contributed by atoms with Gasteiger partial charge < -0.3 is 15.5 Å².